The SMILES string of the molecule is CC1COc2ccc(C(C)(C)CC(C)(C)C)cc2C1N. The molecule has 2 unspecified atom stereocenters. The molecular formula is C18H29NO. The van der Waals surface area contributed by atoms with Crippen molar-refractivity contribution in [3.05, 3.63) is 29.3 Å². The van der Waals surface area contributed by atoms with E-state index in [4.69, 9.17) is 10.5 Å². The van der Waals surface area contributed by atoms with Crippen molar-refractivity contribution in [2.75, 3.05) is 6.61 Å². The van der Waals surface area contributed by atoms with Gasteiger partial charge in [-0.25, -0.2) is 0 Å². The fourth-order valence-corrected chi connectivity index (χ4v) is 3.42. The Bertz CT molecular complexity index is 485. The number of benzene rings is 1. The summed E-state index contributed by atoms with van der Waals surface area (Å²) in [4.78, 5) is 0. The maximum atomic E-state index is 6.35. The lowest BCUT2D eigenvalue weighted by atomic mass is 9.71. The fraction of sp³-hybridized carbons (Fsp3) is 0.667. The maximum absolute atomic E-state index is 6.35. The molecule has 0 saturated heterocycles. The molecule has 0 aliphatic carbocycles. The monoisotopic (exact) mass is 275 g/mol. The van der Waals surface area contributed by atoms with Crippen molar-refractivity contribution in [1.82, 2.24) is 0 Å². The average molecular weight is 275 g/mol. The topological polar surface area (TPSA) is 35.2 Å². The van der Waals surface area contributed by atoms with Gasteiger partial charge in [0.2, 0.25) is 0 Å². The highest BCUT2D eigenvalue weighted by atomic mass is 16.5. The van der Waals surface area contributed by atoms with Gasteiger partial charge in [0.15, 0.2) is 0 Å². The van der Waals surface area contributed by atoms with Crippen LogP contribution in [0, 0.1) is 11.3 Å². The Hall–Kier alpha value is -1.02. The van der Waals surface area contributed by atoms with Gasteiger partial charge in [0.05, 0.1) is 6.61 Å². The van der Waals surface area contributed by atoms with Gasteiger partial charge in [-0.3, -0.25) is 0 Å². The zero-order valence-electron chi connectivity index (χ0n) is 13.8. The largest absolute Gasteiger partial charge is 0.493 e. The third-order valence-electron chi connectivity index (χ3n) is 4.24. The molecule has 1 aromatic rings. The molecule has 0 saturated carbocycles. The highest BCUT2D eigenvalue weighted by molar-refractivity contribution is 5.43. The summed E-state index contributed by atoms with van der Waals surface area (Å²) in [7, 11) is 0. The molecule has 0 fully saturated rings. The van der Waals surface area contributed by atoms with Crippen LogP contribution >= 0.6 is 0 Å². The normalized spacial score (nSPS) is 23.1. The number of fused-ring (bicyclic) bond motifs is 1. The van der Waals surface area contributed by atoms with E-state index in [1.807, 2.05) is 0 Å². The smallest absolute Gasteiger partial charge is 0.124 e. The Balaban J connectivity index is 2.35. The van der Waals surface area contributed by atoms with Gasteiger partial charge in [0.1, 0.15) is 5.75 Å². The van der Waals surface area contributed by atoms with Crippen molar-refractivity contribution in [2.45, 2.75) is 59.4 Å². The summed E-state index contributed by atoms with van der Waals surface area (Å²) in [5.74, 6) is 1.34. The van der Waals surface area contributed by atoms with E-state index in [-0.39, 0.29) is 11.5 Å². The minimum absolute atomic E-state index is 0.0872. The summed E-state index contributed by atoms with van der Waals surface area (Å²) >= 11 is 0. The fourth-order valence-electron chi connectivity index (χ4n) is 3.42. The Labute approximate surface area is 123 Å². The van der Waals surface area contributed by atoms with Crippen LogP contribution in [-0.4, -0.2) is 6.61 Å². The number of ether oxygens (including phenoxy) is 1. The molecule has 0 bridgehead atoms. The lowest BCUT2D eigenvalue weighted by Gasteiger charge is -2.35. The second kappa shape index (κ2) is 5.07. The molecule has 0 amide bonds. The van der Waals surface area contributed by atoms with E-state index in [9.17, 15) is 0 Å². The lowest BCUT2D eigenvalue weighted by molar-refractivity contribution is 0.206. The van der Waals surface area contributed by atoms with Gasteiger partial charge in [-0.05, 0) is 34.9 Å². The summed E-state index contributed by atoms with van der Waals surface area (Å²) < 4.78 is 5.79. The van der Waals surface area contributed by atoms with Crippen LogP contribution in [0.5, 0.6) is 5.75 Å². The van der Waals surface area contributed by atoms with Crippen LogP contribution in [0.4, 0.5) is 0 Å². The quantitative estimate of drug-likeness (QED) is 0.866. The first-order valence-electron chi connectivity index (χ1n) is 7.63. The minimum Gasteiger partial charge on any atom is -0.493 e. The molecule has 1 heterocycles. The first kappa shape index (κ1) is 15.4. The molecule has 112 valence electrons. The molecule has 2 heteroatoms. The molecule has 1 aromatic carbocycles. The molecule has 20 heavy (non-hydrogen) atoms. The highest BCUT2D eigenvalue weighted by Crippen LogP contribution is 2.40. The first-order valence-corrected chi connectivity index (χ1v) is 7.63. The van der Waals surface area contributed by atoms with Crippen molar-refractivity contribution in [2.24, 2.45) is 17.1 Å². The van der Waals surface area contributed by atoms with Gasteiger partial charge in [-0.1, -0.05) is 47.6 Å². The van der Waals surface area contributed by atoms with Crippen LogP contribution < -0.4 is 10.5 Å². The number of rotatable bonds is 2. The van der Waals surface area contributed by atoms with Crippen LogP contribution in [0.1, 0.15) is 65.1 Å². The van der Waals surface area contributed by atoms with E-state index < -0.39 is 0 Å². The van der Waals surface area contributed by atoms with Crippen LogP contribution in [0.25, 0.3) is 0 Å². The molecule has 2 atom stereocenters. The second-order valence-corrected chi connectivity index (χ2v) is 8.19. The van der Waals surface area contributed by atoms with Crippen LogP contribution in [0.15, 0.2) is 18.2 Å². The third kappa shape index (κ3) is 3.17. The summed E-state index contributed by atoms with van der Waals surface area (Å²) in [5.41, 5.74) is 9.34. The average Bonchev–Trinajstić information content (AvgIpc) is 2.30. The zero-order valence-corrected chi connectivity index (χ0v) is 13.8. The van der Waals surface area contributed by atoms with E-state index in [0.717, 1.165) is 18.8 Å². The standard InChI is InChI=1S/C18H29NO/c1-12-10-20-15-8-7-13(9-14(15)16(12)19)18(5,6)11-17(2,3)4/h7-9,12,16H,10-11,19H2,1-6H3. The van der Waals surface area contributed by atoms with E-state index >= 15 is 0 Å². The predicted octanol–water partition coefficient (Wildman–Crippen LogP) is 4.43. The van der Waals surface area contributed by atoms with Gasteiger partial charge in [-0.15, -0.1) is 0 Å². The molecule has 1 aliphatic heterocycles. The Morgan fingerprint density at radius 2 is 1.85 bits per heavy atom. The predicted molar refractivity (Wildman–Crippen MR) is 85.1 cm³/mol. The maximum Gasteiger partial charge on any atom is 0.124 e. The Morgan fingerprint density at radius 1 is 1.20 bits per heavy atom. The van der Waals surface area contributed by atoms with Gasteiger partial charge >= 0.3 is 0 Å². The van der Waals surface area contributed by atoms with E-state index in [0.29, 0.717) is 11.3 Å². The van der Waals surface area contributed by atoms with Gasteiger partial charge in [0, 0.05) is 17.5 Å². The summed E-state index contributed by atoms with van der Waals surface area (Å²) in [6.45, 7) is 14.4. The summed E-state index contributed by atoms with van der Waals surface area (Å²) in [6, 6.07) is 6.65. The molecule has 1 aliphatic rings. The van der Waals surface area contributed by atoms with Gasteiger partial charge < -0.3 is 10.5 Å². The van der Waals surface area contributed by atoms with Crippen LogP contribution in [0.3, 0.4) is 0 Å². The Kier molecular flexibility index (Phi) is 3.90. The van der Waals surface area contributed by atoms with Crippen molar-refractivity contribution in [3.8, 4) is 5.75 Å². The zero-order chi connectivity index (χ0) is 15.1. The minimum atomic E-state index is 0.0872. The van der Waals surface area contributed by atoms with E-state index in [1.165, 1.54) is 11.1 Å². The van der Waals surface area contributed by atoms with E-state index in [2.05, 4.69) is 59.7 Å². The van der Waals surface area contributed by atoms with Crippen molar-refractivity contribution in [1.29, 1.82) is 0 Å². The lowest BCUT2D eigenvalue weighted by Crippen LogP contribution is -2.30. The van der Waals surface area contributed by atoms with Crippen molar-refractivity contribution in [3.63, 3.8) is 0 Å². The molecule has 2 N–H and O–H groups in total. The van der Waals surface area contributed by atoms with E-state index in [1.54, 1.807) is 0 Å². The summed E-state index contributed by atoms with van der Waals surface area (Å²) in [6.07, 6.45) is 1.14. The number of nitrogens with two attached hydrogens (primary N) is 1. The Morgan fingerprint density at radius 3 is 2.45 bits per heavy atom. The number of hydrogen-bond acceptors (Lipinski definition) is 2. The van der Waals surface area contributed by atoms with Crippen molar-refractivity contribution < 1.29 is 4.74 Å². The third-order valence-corrected chi connectivity index (χ3v) is 4.24. The first-order chi connectivity index (χ1) is 9.10. The van der Waals surface area contributed by atoms with Crippen LogP contribution in [0.2, 0.25) is 0 Å². The highest BCUT2D eigenvalue weighted by Gasteiger charge is 2.30. The molecular weight excluding hydrogens is 246 g/mol. The second-order valence-electron chi connectivity index (χ2n) is 8.19. The molecule has 2 rings (SSSR count). The van der Waals surface area contributed by atoms with Gasteiger partial charge in [0.25, 0.3) is 0 Å². The summed E-state index contributed by atoms with van der Waals surface area (Å²) in [5, 5.41) is 0. The molecule has 0 aromatic heterocycles. The molecule has 0 spiro atoms. The van der Waals surface area contributed by atoms with Crippen molar-refractivity contribution >= 4 is 0 Å². The molecule has 2 nitrogen and oxygen atoms in total. The molecule has 0 radical (unpaired) electrons. The van der Waals surface area contributed by atoms with Crippen LogP contribution in [-0.2, 0) is 5.41 Å². The number of hydrogen-bond donors (Lipinski definition) is 1. The van der Waals surface area contributed by atoms with Gasteiger partial charge in [-0.2, -0.15) is 0 Å².